The highest BCUT2D eigenvalue weighted by Gasteiger charge is 2.58. The summed E-state index contributed by atoms with van der Waals surface area (Å²) in [5.41, 5.74) is -1.49. The Morgan fingerprint density at radius 1 is 1.17 bits per heavy atom. The van der Waals surface area contributed by atoms with E-state index in [-0.39, 0.29) is 24.9 Å². The molecule has 29 heavy (non-hydrogen) atoms. The molecule has 2 N–H and O–H groups in total. The Bertz CT molecular complexity index is 1120. The molecule has 154 valence electrons. The minimum atomic E-state index is -4.47. The molecule has 2 amide bonds. The van der Waals surface area contributed by atoms with E-state index in [9.17, 15) is 23.4 Å². The molecule has 2 aromatic rings. The predicted octanol–water partition coefficient (Wildman–Crippen LogP) is 2.59. The van der Waals surface area contributed by atoms with Crippen LogP contribution in [0, 0.1) is 0 Å². The maximum Gasteiger partial charge on any atom is 0.343 e. The third-order valence-electron chi connectivity index (χ3n) is 4.92. The predicted molar refractivity (Wildman–Crippen MR) is 106 cm³/mol. The van der Waals surface area contributed by atoms with Gasteiger partial charge in [0.05, 0.1) is 27.2 Å². The van der Waals surface area contributed by atoms with E-state index in [1.165, 1.54) is 36.4 Å². The zero-order chi connectivity index (χ0) is 21.1. The molecule has 8 nitrogen and oxygen atoms in total. The molecule has 0 bridgehead atoms. The molecule has 2 unspecified atom stereocenters. The van der Waals surface area contributed by atoms with Crippen LogP contribution < -0.4 is 9.64 Å². The van der Waals surface area contributed by atoms with Crippen LogP contribution in [0.3, 0.4) is 0 Å². The number of rotatable bonds is 3. The maximum absolute atomic E-state index is 13.2. The Balaban J connectivity index is 1.78. The van der Waals surface area contributed by atoms with Crippen LogP contribution >= 0.6 is 23.2 Å². The molecule has 1 fully saturated rings. The van der Waals surface area contributed by atoms with Gasteiger partial charge in [-0.15, -0.1) is 0 Å². The lowest BCUT2D eigenvalue weighted by Crippen LogP contribution is -2.50. The van der Waals surface area contributed by atoms with Crippen LogP contribution in [-0.4, -0.2) is 47.5 Å². The number of amides is 2. The van der Waals surface area contributed by atoms with Crippen molar-refractivity contribution in [2.75, 3.05) is 11.5 Å². The molecular weight excluding hydrogens is 443 g/mol. The quantitative estimate of drug-likeness (QED) is 0.731. The molecule has 2 aliphatic heterocycles. The number of hydrogen-bond donors (Lipinski definition) is 2. The van der Waals surface area contributed by atoms with Crippen LogP contribution in [0.25, 0.3) is 0 Å². The van der Waals surface area contributed by atoms with Gasteiger partial charge in [-0.3, -0.25) is 4.90 Å². The lowest BCUT2D eigenvalue weighted by atomic mass is 10.2. The van der Waals surface area contributed by atoms with Crippen molar-refractivity contribution < 1.29 is 28.2 Å². The summed E-state index contributed by atoms with van der Waals surface area (Å²) < 4.78 is 31.9. The monoisotopic (exact) mass is 458 g/mol. The van der Waals surface area contributed by atoms with E-state index in [1.807, 2.05) is 0 Å². The van der Waals surface area contributed by atoms with Crippen molar-refractivity contribution in [1.29, 1.82) is 0 Å². The fraction of sp³-hybridized carbons (Fsp3) is 0.278. The van der Waals surface area contributed by atoms with E-state index < -0.39 is 28.0 Å². The summed E-state index contributed by atoms with van der Waals surface area (Å²) in [4.78, 5) is 13.6. The van der Waals surface area contributed by atoms with Crippen molar-refractivity contribution in [2.45, 2.75) is 30.2 Å². The standard InChI is InChI=1S/C18H16Cl2N2O6S/c1-18(25)16(23)22(17(24)21(18)11-2-4-13(19)14(20)9-11)29(26,27)12-3-5-15-10(8-12)6-7-28-15/h2-5,8-9,16,23,25H,6-7H2,1H3. The van der Waals surface area contributed by atoms with Crippen molar-refractivity contribution in [1.82, 2.24) is 4.31 Å². The maximum atomic E-state index is 13.2. The Kier molecular flexibility index (Phi) is 4.71. The van der Waals surface area contributed by atoms with E-state index >= 15 is 0 Å². The number of aliphatic hydroxyl groups is 2. The highest BCUT2D eigenvalue weighted by Crippen LogP contribution is 2.40. The van der Waals surface area contributed by atoms with E-state index in [2.05, 4.69) is 0 Å². The zero-order valence-corrected chi connectivity index (χ0v) is 17.4. The summed E-state index contributed by atoms with van der Waals surface area (Å²) in [5, 5.41) is 21.7. The number of ether oxygens (including phenoxy) is 1. The second kappa shape index (κ2) is 6.75. The molecular formula is C18H16Cl2N2O6S. The first-order chi connectivity index (χ1) is 13.5. The Labute approximate surface area is 176 Å². The molecule has 1 saturated heterocycles. The number of halogens is 2. The number of anilines is 1. The van der Waals surface area contributed by atoms with Gasteiger partial charge >= 0.3 is 6.03 Å². The average molecular weight is 459 g/mol. The summed E-state index contributed by atoms with van der Waals surface area (Å²) >= 11 is 11.9. The summed E-state index contributed by atoms with van der Waals surface area (Å²) in [7, 11) is -4.47. The van der Waals surface area contributed by atoms with Gasteiger partial charge in [0.15, 0.2) is 12.0 Å². The largest absolute Gasteiger partial charge is 0.493 e. The van der Waals surface area contributed by atoms with Gasteiger partial charge in [0.1, 0.15) is 5.75 Å². The molecule has 0 saturated carbocycles. The third kappa shape index (κ3) is 3.04. The highest BCUT2D eigenvalue weighted by atomic mass is 35.5. The highest BCUT2D eigenvalue weighted by molar-refractivity contribution is 7.89. The third-order valence-corrected chi connectivity index (χ3v) is 7.39. The van der Waals surface area contributed by atoms with E-state index in [0.717, 1.165) is 11.8 Å². The summed E-state index contributed by atoms with van der Waals surface area (Å²) in [6.07, 6.45) is -1.53. The van der Waals surface area contributed by atoms with E-state index in [1.54, 1.807) is 0 Å². The van der Waals surface area contributed by atoms with Crippen LogP contribution in [0.15, 0.2) is 41.3 Å². The second-order valence-electron chi connectivity index (χ2n) is 6.85. The lowest BCUT2D eigenvalue weighted by Gasteiger charge is -2.30. The van der Waals surface area contributed by atoms with Crippen LogP contribution in [-0.2, 0) is 16.4 Å². The van der Waals surface area contributed by atoms with Gasteiger partial charge in [0.2, 0.25) is 0 Å². The fourth-order valence-electron chi connectivity index (χ4n) is 3.40. The fourth-order valence-corrected chi connectivity index (χ4v) is 5.20. The molecule has 2 aliphatic rings. The van der Waals surface area contributed by atoms with Gasteiger partial charge in [0.25, 0.3) is 10.0 Å². The number of sulfonamides is 1. The number of fused-ring (bicyclic) bond motifs is 1. The molecule has 2 heterocycles. The van der Waals surface area contributed by atoms with E-state index in [0.29, 0.717) is 24.3 Å². The molecule has 11 heteroatoms. The minimum Gasteiger partial charge on any atom is -0.493 e. The van der Waals surface area contributed by atoms with E-state index in [4.69, 9.17) is 27.9 Å². The van der Waals surface area contributed by atoms with Crippen molar-refractivity contribution in [2.24, 2.45) is 0 Å². The number of carbonyl (C=O) groups is 1. The summed E-state index contributed by atoms with van der Waals surface area (Å²) in [5.74, 6) is 0.571. The Morgan fingerprint density at radius 2 is 1.90 bits per heavy atom. The van der Waals surface area contributed by atoms with Crippen molar-refractivity contribution >= 4 is 44.9 Å². The van der Waals surface area contributed by atoms with Gasteiger partial charge in [-0.25, -0.2) is 13.2 Å². The normalized spacial score (nSPS) is 24.0. The van der Waals surface area contributed by atoms with Crippen LogP contribution in [0.1, 0.15) is 12.5 Å². The lowest BCUT2D eigenvalue weighted by molar-refractivity contribution is -0.0689. The first-order valence-electron chi connectivity index (χ1n) is 8.55. The number of aliphatic hydroxyl groups excluding tert-OH is 1. The van der Waals surface area contributed by atoms with Gasteiger partial charge in [-0.2, -0.15) is 4.31 Å². The first-order valence-corrected chi connectivity index (χ1v) is 10.7. The average Bonchev–Trinajstić information content (AvgIpc) is 3.18. The Morgan fingerprint density at radius 3 is 2.59 bits per heavy atom. The molecule has 2 aromatic carbocycles. The number of hydrogen-bond acceptors (Lipinski definition) is 6. The SMILES string of the molecule is CC1(O)C(O)N(S(=O)(=O)c2ccc3c(c2)CCO3)C(=O)N1c1ccc(Cl)c(Cl)c1. The number of benzene rings is 2. The number of carbonyl (C=O) groups excluding carboxylic acids is 1. The molecule has 0 aliphatic carbocycles. The molecule has 0 radical (unpaired) electrons. The van der Waals surface area contributed by atoms with Crippen molar-refractivity contribution in [3.05, 3.63) is 52.0 Å². The van der Waals surface area contributed by atoms with Gasteiger partial charge in [-0.1, -0.05) is 23.2 Å². The van der Waals surface area contributed by atoms with Gasteiger partial charge < -0.3 is 14.9 Å². The number of urea groups is 1. The molecule has 0 spiro atoms. The summed E-state index contributed by atoms with van der Waals surface area (Å²) in [6.45, 7) is 1.56. The first kappa shape index (κ1) is 20.2. The van der Waals surface area contributed by atoms with Gasteiger partial charge in [-0.05, 0) is 48.9 Å². The topological polar surface area (TPSA) is 107 Å². The minimum absolute atomic E-state index is 0.0773. The van der Waals surface area contributed by atoms with Crippen LogP contribution in [0.5, 0.6) is 5.75 Å². The number of nitrogens with zero attached hydrogens (tertiary/aromatic N) is 2. The van der Waals surface area contributed by atoms with Gasteiger partial charge in [0, 0.05) is 6.42 Å². The van der Waals surface area contributed by atoms with Crippen molar-refractivity contribution in [3.63, 3.8) is 0 Å². The van der Waals surface area contributed by atoms with Crippen LogP contribution in [0.4, 0.5) is 10.5 Å². The molecule has 4 rings (SSSR count). The second-order valence-corrected chi connectivity index (χ2v) is 9.48. The smallest absolute Gasteiger partial charge is 0.343 e. The van der Waals surface area contributed by atoms with Crippen LogP contribution in [0.2, 0.25) is 10.0 Å². The Hall–Kier alpha value is -2.04. The molecule has 2 atom stereocenters. The zero-order valence-electron chi connectivity index (χ0n) is 15.0. The molecule has 0 aromatic heterocycles. The summed E-state index contributed by atoms with van der Waals surface area (Å²) in [6, 6.07) is 7.13. The van der Waals surface area contributed by atoms with Crippen molar-refractivity contribution in [3.8, 4) is 5.75 Å².